The van der Waals surface area contributed by atoms with E-state index in [2.05, 4.69) is 35.3 Å². The Morgan fingerprint density at radius 3 is 1.74 bits per heavy atom. The first-order valence-corrected chi connectivity index (χ1v) is 16.8. The van der Waals surface area contributed by atoms with Crippen LogP contribution >= 0.6 is 11.6 Å². The van der Waals surface area contributed by atoms with Gasteiger partial charge < -0.3 is 9.55 Å². The Labute approximate surface area is 293 Å². The molecular formula is C44H28ClFN4. The second kappa shape index (κ2) is 12.3. The Hall–Kier alpha value is -6.30. The molecule has 4 nitrogen and oxygen atoms in total. The van der Waals surface area contributed by atoms with Crippen molar-refractivity contribution in [2.45, 2.75) is 0 Å². The van der Waals surface area contributed by atoms with Crippen LogP contribution in [-0.4, -0.2) is 19.5 Å². The van der Waals surface area contributed by atoms with E-state index < -0.39 is 5.82 Å². The van der Waals surface area contributed by atoms with Gasteiger partial charge in [-0.15, -0.1) is 0 Å². The summed E-state index contributed by atoms with van der Waals surface area (Å²) in [5.41, 5.74) is 11.6. The van der Waals surface area contributed by atoms with Crippen LogP contribution in [0.3, 0.4) is 0 Å². The summed E-state index contributed by atoms with van der Waals surface area (Å²) in [6.07, 6.45) is 3.82. The predicted molar refractivity (Wildman–Crippen MR) is 203 cm³/mol. The van der Waals surface area contributed by atoms with Gasteiger partial charge in [-0.25, -0.2) is 14.4 Å². The zero-order valence-corrected chi connectivity index (χ0v) is 27.4. The van der Waals surface area contributed by atoms with E-state index in [4.69, 9.17) is 21.6 Å². The van der Waals surface area contributed by atoms with Crippen molar-refractivity contribution < 1.29 is 4.39 Å². The van der Waals surface area contributed by atoms with Gasteiger partial charge in [0.25, 0.3) is 0 Å². The minimum absolute atomic E-state index is 0.00371. The number of fused-ring (bicyclic) bond motifs is 8. The highest BCUT2D eigenvalue weighted by atomic mass is 35.5. The fourth-order valence-electron chi connectivity index (χ4n) is 6.87. The number of rotatable bonds is 4. The molecule has 0 fully saturated rings. The van der Waals surface area contributed by atoms with Crippen molar-refractivity contribution in [1.29, 1.82) is 0 Å². The molecule has 238 valence electrons. The average molecular weight is 667 g/mol. The third-order valence-electron chi connectivity index (χ3n) is 9.03. The van der Waals surface area contributed by atoms with E-state index in [1.165, 1.54) is 0 Å². The SMILES string of the molecule is Fc1c(Cl)c2c(-c3ccccc3)c3nc(cc4ccc(cc5nc(cc1n2-c1ccccc1)C=C5)[nH]4)C(c1ccccc1)=C3c1ccccc1. The predicted octanol–water partition coefficient (Wildman–Crippen LogP) is 11.4. The van der Waals surface area contributed by atoms with Crippen LogP contribution in [0.5, 0.6) is 0 Å². The zero-order valence-electron chi connectivity index (χ0n) is 26.7. The van der Waals surface area contributed by atoms with Crippen molar-refractivity contribution >= 4 is 57.0 Å². The number of halogens is 2. The average Bonchev–Trinajstić information content (AvgIpc) is 3.94. The molecule has 0 saturated heterocycles. The Kier molecular flexibility index (Phi) is 7.33. The minimum atomic E-state index is -0.534. The number of hydrogen-bond acceptors (Lipinski definition) is 2. The van der Waals surface area contributed by atoms with Crippen LogP contribution in [0.15, 0.2) is 152 Å². The highest BCUT2D eigenvalue weighted by Gasteiger charge is 2.29. The molecule has 0 unspecified atom stereocenters. The van der Waals surface area contributed by atoms with Crippen molar-refractivity contribution in [1.82, 2.24) is 19.5 Å². The Balaban J connectivity index is 1.58. The molecule has 0 radical (unpaired) electrons. The van der Waals surface area contributed by atoms with Gasteiger partial charge in [0.15, 0.2) is 5.82 Å². The maximum absolute atomic E-state index is 16.9. The maximum Gasteiger partial charge on any atom is 0.168 e. The van der Waals surface area contributed by atoms with Crippen LogP contribution in [0, 0.1) is 5.82 Å². The molecule has 7 aromatic rings. The second-order valence-corrected chi connectivity index (χ2v) is 12.6. The van der Waals surface area contributed by atoms with Gasteiger partial charge in [-0.2, -0.15) is 0 Å². The van der Waals surface area contributed by atoms with Gasteiger partial charge in [0.2, 0.25) is 0 Å². The first-order chi connectivity index (χ1) is 24.6. The van der Waals surface area contributed by atoms with Crippen molar-refractivity contribution in [2.75, 3.05) is 0 Å². The van der Waals surface area contributed by atoms with E-state index in [-0.39, 0.29) is 5.02 Å². The van der Waals surface area contributed by atoms with Crippen LogP contribution in [0.25, 0.3) is 62.2 Å². The topological polar surface area (TPSA) is 46.5 Å². The molecule has 4 aromatic carbocycles. The molecule has 0 saturated carbocycles. The standard InChI is InChI=1S/C44H28ClFN4/c45-41-42(46)37-27-34-24-22-32(48-34)25-31-21-23-33(47-31)26-36-38(28-13-5-1-6-14-28)39(29-15-7-2-8-16-29)43(49-36)40(30-17-9-3-10-18-30)44(41)50(37)35-19-11-4-12-20-35/h1-27,47H. The number of aromatic amines is 1. The van der Waals surface area contributed by atoms with Gasteiger partial charge >= 0.3 is 0 Å². The lowest BCUT2D eigenvalue weighted by atomic mass is 9.89. The number of benzene rings is 4. The lowest BCUT2D eigenvalue weighted by molar-refractivity contribution is 0.640. The lowest BCUT2D eigenvalue weighted by Crippen LogP contribution is -1.98. The van der Waals surface area contributed by atoms with Gasteiger partial charge in [0, 0.05) is 33.4 Å². The molecule has 0 atom stereocenters. The van der Waals surface area contributed by atoms with Crippen molar-refractivity contribution in [3.63, 3.8) is 0 Å². The number of para-hydroxylation sites is 1. The molecule has 3 aromatic heterocycles. The molecule has 5 heterocycles. The third kappa shape index (κ3) is 5.16. The largest absolute Gasteiger partial charge is 0.355 e. The zero-order chi connectivity index (χ0) is 33.6. The third-order valence-corrected chi connectivity index (χ3v) is 9.38. The van der Waals surface area contributed by atoms with Crippen LogP contribution in [-0.2, 0) is 0 Å². The summed E-state index contributed by atoms with van der Waals surface area (Å²) in [4.78, 5) is 13.8. The van der Waals surface area contributed by atoms with Crippen LogP contribution in [0.1, 0.15) is 33.9 Å². The second-order valence-electron chi connectivity index (χ2n) is 12.2. The Morgan fingerprint density at radius 1 is 0.560 bits per heavy atom. The monoisotopic (exact) mass is 666 g/mol. The van der Waals surface area contributed by atoms with Gasteiger partial charge in [-0.3, -0.25) is 0 Å². The first-order valence-electron chi connectivity index (χ1n) is 16.4. The minimum Gasteiger partial charge on any atom is -0.355 e. The van der Waals surface area contributed by atoms with Crippen LogP contribution in [0.2, 0.25) is 5.02 Å². The summed E-state index contributed by atoms with van der Waals surface area (Å²) in [5, 5.41) is 0.00371. The molecule has 2 aliphatic rings. The lowest BCUT2D eigenvalue weighted by Gasteiger charge is -2.15. The van der Waals surface area contributed by atoms with Gasteiger partial charge in [-0.05, 0) is 71.3 Å². The molecule has 0 spiro atoms. The summed E-state index contributed by atoms with van der Waals surface area (Å²) in [5.74, 6) is -0.534. The summed E-state index contributed by atoms with van der Waals surface area (Å²) in [7, 11) is 0. The molecular weight excluding hydrogens is 639 g/mol. The number of hydrogen-bond donors (Lipinski definition) is 1. The fraction of sp³-hybridized carbons (Fsp3) is 0. The van der Waals surface area contributed by atoms with Crippen LogP contribution in [0.4, 0.5) is 4.39 Å². The van der Waals surface area contributed by atoms with Gasteiger partial charge in [0.05, 0.1) is 33.8 Å². The molecule has 0 aliphatic carbocycles. The highest BCUT2D eigenvalue weighted by Crippen LogP contribution is 2.46. The summed E-state index contributed by atoms with van der Waals surface area (Å²) < 4.78 is 18.8. The normalized spacial score (nSPS) is 12.4. The van der Waals surface area contributed by atoms with Gasteiger partial charge in [0.1, 0.15) is 5.02 Å². The molecule has 50 heavy (non-hydrogen) atoms. The molecule has 1 N–H and O–H groups in total. The smallest absolute Gasteiger partial charge is 0.168 e. The van der Waals surface area contributed by atoms with Crippen molar-refractivity contribution in [2.24, 2.45) is 0 Å². The summed E-state index contributed by atoms with van der Waals surface area (Å²) in [6, 6.07) is 50.2. The quantitative estimate of drug-likeness (QED) is 0.203. The Bertz CT molecular complexity index is 2640. The number of aromatic nitrogens is 4. The highest BCUT2D eigenvalue weighted by molar-refractivity contribution is 6.36. The summed E-state index contributed by atoms with van der Waals surface area (Å²) in [6.45, 7) is 0. The number of nitrogens with zero attached hydrogens (tertiary/aromatic N) is 3. The molecule has 0 amide bonds. The van der Waals surface area contributed by atoms with E-state index in [0.29, 0.717) is 28.0 Å². The van der Waals surface area contributed by atoms with E-state index in [0.717, 1.165) is 55.9 Å². The molecule has 2 aliphatic heterocycles. The summed E-state index contributed by atoms with van der Waals surface area (Å²) >= 11 is 7.22. The van der Waals surface area contributed by atoms with E-state index in [9.17, 15) is 0 Å². The van der Waals surface area contributed by atoms with E-state index in [1.54, 1.807) is 6.07 Å². The van der Waals surface area contributed by atoms with E-state index in [1.807, 2.05) is 132 Å². The van der Waals surface area contributed by atoms with Crippen LogP contribution < -0.4 is 0 Å². The van der Waals surface area contributed by atoms with E-state index >= 15 is 4.39 Å². The molecule has 9 rings (SSSR count). The first kappa shape index (κ1) is 29.8. The van der Waals surface area contributed by atoms with Gasteiger partial charge in [-0.1, -0.05) is 121 Å². The van der Waals surface area contributed by atoms with Crippen molar-refractivity contribution in [3.8, 4) is 16.8 Å². The Morgan fingerprint density at radius 2 is 1.10 bits per heavy atom. The number of nitrogens with one attached hydrogen (secondary N) is 1. The number of H-pyrrole nitrogens is 1. The fourth-order valence-corrected chi connectivity index (χ4v) is 7.14. The maximum atomic E-state index is 16.9. The molecule has 8 bridgehead atoms. The molecule has 6 heteroatoms. The van der Waals surface area contributed by atoms with Crippen molar-refractivity contribution in [3.05, 3.63) is 196 Å².